The van der Waals surface area contributed by atoms with E-state index >= 15 is 0 Å². The molecule has 0 radical (unpaired) electrons. The van der Waals surface area contributed by atoms with Crippen molar-refractivity contribution in [2.75, 3.05) is 7.11 Å². The third-order valence-corrected chi connectivity index (χ3v) is 3.66. The first-order valence-electron chi connectivity index (χ1n) is 7.18. The summed E-state index contributed by atoms with van der Waals surface area (Å²) in [5.41, 5.74) is 2.20. The molecule has 0 amide bonds. The van der Waals surface area contributed by atoms with Gasteiger partial charge in [-0.05, 0) is 54.4 Å². The van der Waals surface area contributed by atoms with Crippen LogP contribution in [0.5, 0.6) is 11.5 Å². The van der Waals surface area contributed by atoms with Gasteiger partial charge in [-0.25, -0.2) is 0 Å². The molecule has 23 heavy (non-hydrogen) atoms. The van der Waals surface area contributed by atoms with Gasteiger partial charge >= 0.3 is 5.97 Å². The number of carbonyl (C=O) groups excluding carboxylic acids is 1. The predicted molar refractivity (Wildman–Crippen MR) is 85.3 cm³/mol. The van der Waals surface area contributed by atoms with Crippen molar-refractivity contribution in [3.63, 3.8) is 0 Å². The summed E-state index contributed by atoms with van der Waals surface area (Å²) in [4.78, 5) is 11.3. The van der Waals surface area contributed by atoms with Gasteiger partial charge in [-0.1, -0.05) is 0 Å². The second-order valence-electron chi connectivity index (χ2n) is 5.26. The van der Waals surface area contributed by atoms with E-state index in [9.17, 15) is 15.0 Å². The van der Waals surface area contributed by atoms with Crippen molar-refractivity contribution in [2.24, 2.45) is 0 Å². The van der Waals surface area contributed by atoms with Crippen LogP contribution in [0.4, 0.5) is 0 Å². The van der Waals surface area contributed by atoms with E-state index in [0.29, 0.717) is 17.8 Å². The van der Waals surface area contributed by atoms with Crippen LogP contribution in [-0.2, 0) is 16.0 Å². The molecule has 0 saturated heterocycles. The van der Waals surface area contributed by atoms with Crippen molar-refractivity contribution in [1.82, 2.24) is 0 Å². The summed E-state index contributed by atoms with van der Waals surface area (Å²) in [7, 11) is 1.34. The Hall–Kier alpha value is -2.95. The molecule has 3 rings (SSSR count). The molecule has 0 aliphatic heterocycles. The van der Waals surface area contributed by atoms with Gasteiger partial charge in [-0.15, -0.1) is 0 Å². The van der Waals surface area contributed by atoms with Crippen LogP contribution in [0, 0.1) is 0 Å². The number of rotatable bonds is 4. The zero-order valence-corrected chi connectivity index (χ0v) is 12.6. The van der Waals surface area contributed by atoms with Crippen molar-refractivity contribution in [1.29, 1.82) is 0 Å². The maximum absolute atomic E-state index is 11.3. The quantitative estimate of drug-likeness (QED) is 0.719. The number of phenolic OH excluding ortho intramolecular Hbond substituents is 2. The largest absolute Gasteiger partial charge is 0.508 e. The highest BCUT2D eigenvalue weighted by Gasteiger charge is 2.13. The topological polar surface area (TPSA) is 79.9 Å². The van der Waals surface area contributed by atoms with Crippen LogP contribution >= 0.6 is 0 Å². The Morgan fingerprint density at radius 1 is 1.09 bits per heavy atom. The average Bonchev–Trinajstić information content (AvgIpc) is 2.96. The number of aromatic hydroxyl groups is 2. The number of esters is 1. The van der Waals surface area contributed by atoms with Crippen LogP contribution in [0.3, 0.4) is 0 Å². The van der Waals surface area contributed by atoms with Crippen LogP contribution in [-0.4, -0.2) is 23.3 Å². The smallest absolute Gasteiger partial charge is 0.305 e. The fraction of sp³-hybridized carbons (Fsp3) is 0.167. The minimum absolute atomic E-state index is 0.121. The number of ether oxygens (including phenoxy) is 1. The second kappa shape index (κ2) is 6.04. The Balaban J connectivity index is 2.01. The Morgan fingerprint density at radius 3 is 2.52 bits per heavy atom. The maximum Gasteiger partial charge on any atom is 0.305 e. The van der Waals surface area contributed by atoms with Crippen LogP contribution < -0.4 is 0 Å². The number of phenols is 2. The number of aryl methyl sites for hydroxylation is 1. The van der Waals surface area contributed by atoms with E-state index in [1.807, 2.05) is 6.07 Å². The van der Waals surface area contributed by atoms with Gasteiger partial charge in [0.25, 0.3) is 0 Å². The molecule has 1 aromatic heterocycles. The number of hydrogen-bond acceptors (Lipinski definition) is 5. The molecule has 0 aliphatic rings. The summed E-state index contributed by atoms with van der Waals surface area (Å²) in [6.45, 7) is 0. The summed E-state index contributed by atoms with van der Waals surface area (Å²) in [6.07, 6.45) is 0.629. The molecule has 5 heteroatoms. The van der Waals surface area contributed by atoms with Crippen molar-refractivity contribution in [3.8, 4) is 22.8 Å². The fourth-order valence-corrected chi connectivity index (χ4v) is 2.50. The van der Waals surface area contributed by atoms with Crippen molar-refractivity contribution < 1.29 is 24.2 Å². The molecule has 3 aromatic rings. The van der Waals surface area contributed by atoms with Gasteiger partial charge in [0.15, 0.2) is 0 Å². The average molecular weight is 312 g/mol. The van der Waals surface area contributed by atoms with Gasteiger partial charge < -0.3 is 19.4 Å². The maximum atomic E-state index is 11.3. The van der Waals surface area contributed by atoms with E-state index in [-0.39, 0.29) is 23.9 Å². The fourth-order valence-electron chi connectivity index (χ4n) is 2.50. The highest BCUT2D eigenvalue weighted by molar-refractivity contribution is 5.87. The number of carbonyl (C=O) groups is 1. The van der Waals surface area contributed by atoms with Crippen molar-refractivity contribution in [2.45, 2.75) is 12.8 Å². The Kier molecular flexibility index (Phi) is 3.93. The zero-order chi connectivity index (χ0) is 16.4. The van der Waals surface area contributed by atoms with Gasteiger partial charge in [0.1, 0.15) is 22.8 Å². The number of methoxy groups -OCH3 is 1. The first-order valence-corrected chi connectivity index (χ1v) is 7.18. The standard InChI is InChI=1S/C18H16O5/c1-22-17(21)7-4-12-8-15(20)9-13-10-16(23-18(12)13)11-2-5-14(19)6-3-11/h2-3,5-6,8-10,19-20H,4,7H2,1H3. The summed E-state index contributed by atoms with van der Waals surface area (Å²) in [6, 6.07) is 11.7. The van der Waals surface area contributed by atoms with E-state index in [0.717, 1.165) is 16.5 Å². The molecule has 1 heterocycles. The molecule has 0 atom stereocenters. The lowest BCUT2D eigenvalue weighted by Crippen LogP contribution is -2.01. The van der Waals surface area contributed by atoms with Gasteiger partial charge in [0, 0.05) is 17.4 Å². The number of benzene rings is 2. The molecule has 118 valence electrons. The number of furan rings is 1. The predicted octanol–water partition coefficient (Wildman–Crippen LogP) is 3.62. The van der Waals surface area contributed by atoms with E-state index in [1.165, 1.54) is 7.11 Å². The van der Waals surface area contributed by atoms with E-state index in [1.54, 1.807) is 36.4 Å². The van der Waals surface area contributed by atoms with Crippen LogP contribution in [0.1, 0.15) is 12.0 Å². The highest BCUT2D eigenvalue weighted by atomic mass is 16.5. The Morgan fingerprint density at radius 2 is 1.83 bits per heavy atom. The lowest BCUT2D eigenvalue weighted by molar-refractivity contribution is -0.140. The molecule has 2 N–H and O–H groups in total. The molecular formula is C18H16O5. The van der Waals surface area contributed by atoms with Crippen LogP contribution in [0.2, 0.25) is 0 Å². The molecule has 5 nitrogen and oxygen atoms in total. The second-order valence-corrected chi connectivity index (χ2v) is 5.26. The third-order valence-electron chi connectivity index (χ3n) is 3.66. The zero-order valence-electron chi connectivity index (χ0n) is 12.6. The van der Waals surface area contributed by atoms with Crippen LogP contribution in [0.15, 0.2) is 46.9 Å². The minimum atomic E-state index is -0.313. The normalized spacial score (nSPS) is 10.8. The molecule has 2 aromatic carbocycles. The lowest BCUT2D eigenvalue weighted by Gasteiger charge is -2.03. The molecule has 0 saturated carbocycles. The minimum Gasteiger partial charge on any atom is -0.508 e. The van der Waals surface area contributed by atoms with E-state index in [4.69, 9.17) is 4.42 Å². The molecule has 0 bridgehead atoms. The summed E-state index contributed by atoms with van der Waals surface area (Å²) in [5.74, 6) is 0.619. The highest BCUT2D eigenvalue weighted by Crippen LogP contribution is 2.33. The number of fused-ring (bicyclic) bond motifs is 1. The van der Waals surface area contributed by atoms with Gasteiger partial charge in [-0.2, -0.15) is 0 Å². The lowest BCUT2D eigenvalue weighted by atomic mass is 10.1. The number of hydrogen-bond donors (Lipinski definition) is 2. The van der Waals surface area contributed by atoms with Crippen molar-refractivity contribution in [3.05, 3.63) is 48.0 Å². The summed E-state index contributed by atoms with van der Waals surface area (Å²) < 4.78 is 10.5. The van der Waals surface area contributed by atoms with E-state index in [2.05, 4.69) is 4.74 Å². The summed E-state index contributed by atoms with van der Waals surface area (Å²) in [5, 5.41) is 20.0. The first-order chi connectivity index (χ1) is 11.1. The van der Waals surface area contributed by atoms with E-state index < -0.39 is 0 Å². The monoisotopic (exact) mass is 312 g/mol. The molecule has 0 aliphatic carbocycles. The third kappa shape index (κ3) is 3.13. The van der Waals surface area contributed by atoms with Gasteiger partial charge in [0.2, 0.25) is 0 Å². The van der Waals surface area contributed by atoms with Crippen molar-refractivity contribution >= 4 is 16.9 Å². The molecular weight excluding hydrogens is 296 g/mol. The first kappa shape index (κ1) is 15.0. The van der Waals surface area contributed by atoms with Crippen LogP contribution in [0.25, 0.3) is 22.3 Å². The van der Waals surface area contributed by atoms with Gasteiger partial charge in [-0.3, -0.25) is 4.79 Å². The molecule has 0 unspecified atom stereocenters. The van der Waals surface area contributed by atoms with Gasteiger partial charge in [0.05, 0.1) is 7.11 Å². The molecule has 0 fully saturated rings. The Labute approximate surface area is 132 Å². The molecule has 0 spiro atoms. The SMILES string of the molecule is COC(=O)CCc1cc(O)cc2cc(-c3ccc(O)cc3)oc12. The summed E-state index contributed by atoms with van der Waals surface area (Å²) >= 11 is 0. The Bertz CT molecular complexity index is 846.